The molecule has 0 aliphatic heterocycles. The summed E-state index contributed by atoms with van der Waals surface area (Å²) >= 11 is 1.23. The number of aromatic nitrogens is 3. The Morgan fingerprint density at radius 1 is 0.468 bits per heavy atom. The van der Waals surface area contributed by atoms with Crippen molar-refractivity contribution in [3.05, 3.63) is 193 Å². The number of hydrogen-bond donors (Lipinski definition) is 0. The van der Waals surface area contributed by atoms with E-state index in [2.05, 4.69) is 197 Å². The lowest BCUT2D eigenvalue weighted by Crippen LogP contribution is -2.10. The molecule has 0 atom stereocenters. The van der Waals surface area contributed by atoms with Gasteiger partial charge in [0.05, 0.1) is 28.4 Å². The first-order valence-electron chi connectivity index (χ1n) is 21.2. The molecule has 62 heavy (non-hydrogen) atoms. The Bertz CT molecular complexity index is 3150. The van der Waals surface area contributed by atoms with Crippen molar-refractivity contribution < 1.29 is 4.39 Å². The first-order valence-corrected chi connectivity index (χ1v) is 21.9. The SMILES string of the molecule is CC(C)(C)c1ccc2c(c1)c1cc(C(C)(C)C)ccc1n2-c1ccc(-c2ccc(N(c3ccc(-c4ccccc4)cc3)c3ccc(-c4ccc(F)cc4)cc3)c3nsnc23)cc1. The molecule has 0 aliphatic rings. The van der Waals surface area contributed by atoms with E-state index in [0.29, 0.717) is 0 Å². The zero-order chi connectivity index (χ0) is 42.8. The Labute approximate surface area is 366 Å². The third-order valence-electron chi connectivity index (χ3n) is 12.1. The fourth-order valence-electron chi connectivity index (χ4n) is 8.60. The summed E-state index contributed by atoms with van der Waals surface area (Å²) in [6, 6.07) is 61.3. The molecule has 10 aromatic rings. The van der Waals surface area contributed by atoms with Crippen LogP contribution in [0.5, 0.6) is 0 Å². The van der Waals surface area contributed by atoms with Crippen LogP contribution >= 0.6 is 11.7 Å². The molecule has 2 aromatic heterocycles. The van der Waals surface area contributed by atoms with Crippen molar-refractivity contribution in [2.45, 2.75) is 52.4 Å². The van der Waals surface area contributed by atoms with Crippen molar-refractivity contribution in [2.24, 2.45) is 0 Å². The van der Waals surface area contributed by atoms with Gasteiger partial charge in [-0.2, -0.15) is 8.75 Å². The highest BCUT2D eigenvalue weighted by Crippen LogP contribution is 2.43. The fourth-order valence-corrected chi connectivity index (χ4v) is 9.17. The van der Waals surface area contributed by atoms with E-state index in [0.717, 1.165) is 61.6 Å². The number of halogens is 1. The van der Waals surface area contributed by atoms with Gasteiger partial charge in [0, 0.05) is 33.4 Å². The number of rotatable bonds is 7. The minimum Gasteiger partial charge on any atom is -0.309 e. The van der Waals surface area contributed by atoms with Gasteiger partial charge in [0.25, 0.3) is 0 Å². The number of fused-ring (bicyclic) bond motifs is 4. The van der Waals surface area contributed by atoms with Crippen LogP contribution in [-0.2, 0) is 10.8 Å². The molecular weight excluding hydrogens is 780 g/mol. The largest absolute Gasteiger partial charge is 0.309 e. The van der Waals surface area contributed by atoms with Crippen molar-refractivity contribution >= 4 is 61.6 Å². The van der Waals surface area contributed by atoms with Gasteiger partial charge in [-0.15, -0.1) is 0 Å². The highest BCUT2D eigenvalue weighted by molar-refractivity contribution is 7.00. The van der Waals surface area contributed by atoms with Crippen LogP contribution in [0.3, 0.4) is 0 Å². The van der Waals surface area contributed by atoms with E-state index in [4.69, 9.17) is 8.75 Å². The molecule has 0 bridgehead atoms. The standard InChI is InChI=1S/C56H47FN4S/c1-55(2,3)41-20-31-50-48(34-41)49-35-42(56(4,5)6)21-32-51(49)61(50)46-28-18-40(19-29-46)47-30-33-52(54-53(47)58-62-59-54)60(44-24-14-38(15-25-44)36-10-8-7-9-11-36)45-26-16-39(17-27-45)37-12-22-43(57)23-13-37/h7-35H,1-6H3. The zero-order valence-corrected chi connectivity index (χ0v) is 36.6. The maximum absolute atomic E-state index is 13.8. The van der Waals surface area contributed by atoms with E-state index in [1.54, 1.807) is 0 Å². The minimum atomic E-state index is -0.247. The Morgan fingerprint density at radius 3 is 1.45 bits per heavy atom. The second-order valence-electron chi connectivity index (χ2n) is 18.2. The van der Waals surface area contributed by atoms with Crippen LogP contribution in [0.25, 0.3) is 71.9 Å². The van der Waals surface area contributed by atoms with Gasteiger partial charge in [-0.1, -0.05) is 133 Å². The molecule has 304 valence electrons. The first kappa shape index (κ1) is 39.3. The Morgan fingerprint density at radius 2 is 0.935 bits per heavy atom. The van der Waals surface area contributed by atoms with Crippen molar-refractivity contribution in [1.82, 2.24) is 13.3 Å². The summed E-state index contributed by atoms with van der Waals surface area (Å²) in [5.41, 5.74) is 17.2. The van der Waals surface area contributed by atoms with Gasteiger partial charge >= 0.3 is 0 Å². The second kappa shape index (κ2) is 15.2. The highest BCUT2D eigenvalue weighted by atomic mass is 32.1. The number of anilines is 3. The van der Waals surface area contributed by atoms with Crippen LogP contribution in [0.4, 0.5) is 21.5 Å². The van der Waals surface area contributed by atoms with Gasteiger partial charge in [-0.05, 0) is 135 Å². The van der Waals surface area contributed by atoms with E-state index in [9.17, 15) is 4.39 Å². The molecular formula is C56H47FN4S. The third kappa shape index (κ3) is 7.14. The van der Waals surface area contributed by atoms with Gasteiger partial charge in [0.2, 0.25) is 0 Å². The number of hydrogen-bond acceptors (Lipinski definition) is 4. The molecule has 0 fully saturated rings. The Kier molecular flexibility index (Phi) is 9.64. The molecule has 0 spiro atoms. The van der Waals surface area contributed by atoms with Crippen LogP contribution in [0, 0.1) is 5.82 Å². The minimum absolute atomic E-state index is 0.0389. The summed E-state index contributed by atoms with van der Waals surface area (Å²) in [6.07, 6.45) is 0. The summed E-state index contributed by atoms with van der Waals surface area (Å²) in [5, 5.41) is 2.55. The predicted octanol–water partition coefficient (Wildman–Crippen LogP) is 16.0. The van der Waals surface area contributed by atoms with Crippen molar-refractivity contribution in [3.63, 3.8) is 0 Å². The molecule has 2 heterocycles. The van der Waals surface area contributed by atoms with Crippen molar-refractivity contribution in [3.8, 4) is 39.1 Å². The zero-order valence-electron chi connectivity index (χ0n) is 35.8. The first-order chi connectivity index (χ1) is 29.9. The molecule has 0 saturated carbocycles. The van der Waals surface area contributed by atoms with Gasteiger partial charge in [-0.25, -0.2) is 4.39 Å². The van der Waals surface area contributed by atoms with Crippen LogP contribution in [0.1, 0.15) is 52.7 Å². The van der Waals surface area contributed by atoms with E-state index in [1.807, 2.05) is 18.2 Å². The summed E-state index contributed by atoms with van der Waals surface area (Å²) in [4.78, 5) is 2.25. The lowest BCUT2D eigenvalue weighted by atomic mass is 9.85. The summed E-state index contributed by atoms with van der Waals surface area (Å²) < 4.78 is 26.0. The highest BCUT2D eigenvalue weighted by Gasteiger charge is 2.23. The van der Waals surface area contributed by atoms with Gasteiger partial charge < -0.3 is 9.47 Å². The average molecular weight is 827 g/mol. The Balaban J connectivity index is 1.05. The monoisotopic (exact) mass is 826 g/mol. The van der Waals surface area contributed by atoms with Gasteiger partial charge in [0.15, 0.2) is 0 Å². The van der Waals surface area contributed by atoms with E-state index < -0.39 is 0 Å². The molecule has 0 amide bonds. The van der Waals surface area contributed by atoms with E-state index in [1.165, 1.54) is 62.4 Å². The molecule has 4 nitrogen and oxygen atoms in total. The second-order valence-corrected chi connectivity index (χ2v) is 18.8. The molecule has 0 aliphatic carbocycles. The molecule has 10 rings (SSSR count). The number of nitrogens with zero attached hydrogens (tertiary/aromatic N) is 4. The van der Waals surface area contributed by atoms with Crippen molar-refractivity contribution in [2.75, 3.05) is 4.90 Å². The maximum atomic E-state index is 13.8. The predicted molar refractivity (Wildman–Crippen MR) is 260 cm³/mol. The molecule has 0 radical (unpaired) electrons. The topological polar surface area (TPSA) is 34.0 Å². The molecule has 0 unspecified atom stereocenters. The van der Waals surface area contributed by atoms with Gasteiger partial charge in [0.1, 0.15) is 16.9 Å². The summed E-state index contributed by atoms with van der Waals surface area (Å²) in [7, 11) is 0. The van der Waals surface area contributed by atoms with Crippen molar-refractivity contribution in [1.29, 1.82) is 0 Å². The number of benzene rings is 8. The third-order valence-corrected chi connectivity index (χ3v) is 12.6. The lowest BCUT2D eigenvalue weighted by molar-refractivity contribution is 0.590. The average Bonchev–Trinajstić information content (AvgIpc) is 3.91. The van der Waals surface area contributed by atoms with Crippen LogP contribution in [0.15, 0.2) is 176 Å². The Hall–Kier alpha value is -6.89. The molecule has 0 N–H and O–H groups in total. The van der Waals surface area contributed by atoms with Crippen LogP contribution < -0.4 is 4.90 Å². The summed E-state index contributed by atoms with van der Waals surface area (Å²) in [5.74, 6) is -0.247. The molecule has 8 aromatic carbocycles. The van der Waals surface area contributed by atoms with E-state index >= 15 is 0 Å². The smallest absolute Gasteiger partial charge is 0.129 e. The molecule has 6 heteroatoms. The van der Waals surface area contributed by atoms with E-state index in [-0.39, 0.29) is 16.6 Å². The van der Waals surface area contributed by atoms with Crippen LogP contribution in [0.2, 0.25) is 0 Å². The van der Waals surface area contributed by atoms with Gasteiger partial charge in [-0.3, -0.25) is 0 Å². The lowest BCUT2D eigenvalue weighted by Gasteiger charge is -2.26. The quantitative estimate of drug-likeness (QED) is 0.160. The fraction of sp³-hybridized carbons (Fsp3) is 0.143. The molecule has 0 saturated heterocycles. The maximum Gasteiger partial charge on any atom is 0.129 e. The normalized spacial score (nSPS) is 12.1. The summed E-state index contributed by atoms with van der Waals surface area (Å²) in [6.45, 7) is 13.7. The van der Waals surface area contributed by atoms with Crippen LogP contribution in [-0.4, -0.2) is 13.3 Å².